The van der Waals surface area contributed by atoms with Crippen LogP contribution in [0.3, 0.4) is 0 Å². The van der Waals surface area contributed by atoms with Crippen LogP contribution in [0, 0.1) is 0 Å². The molecule has 1 aliphatic rings. The molecule has 3 nitrogen and oxygen atoms in total. The summed E-state index contributed by atoms with van der Waals surface area (Å²) in [6.45, 7) is 3.54. The first kappa shape index (κ1) is 9.22. The molecular formula is C7H12F2N2O. The quantitative estimate of drug-likeness (QED) is 0.653. The van der Waals surface area contributed by atoms with Crippen molar-refractivity contribution in [3.8, 4) is 0 Å². The van der Waals surface area contributed by atoms with Crippen LogP contribution in [0.15, 0.2) is 0 Å². The molecule has 2 N–H and O–H groups in total. The van der Waals surface area contributed by atoms with Gasteiger partial charge in [0.25, 0.3) is 5.92 Å². The highest BCUT2D eigenvalue weighted by molar-refractivity contribution is 5.75. The van der Waals surface area contributed by atoms with Crippen LogP contribution in [0.25, 0.3) is 0 Å². The van der Waals surface area contributed by atoms with E-state index in [1.807, 2.05) is 0 Å². The van der Waals surface area contributed by atoms with Gasteiger partial charge in [-0.1, -0.05) is 0 Å². The summed E-state index contributed by atoms with van der Waals surface area (Å²) in [7, 11) is 0. The molecule has 0 saturated heterocycles. The Hall–Kier alpha value is -0.870. The Morgan fingerprint density at radius 1 is 1.58 bits per heavy atom. The van der Waals surface area contributed by atoms with Gasteiger partial charge in [-0.3, -0.25) is 0 Å². The largest absolute Gasteiger partial charge is 0.336 e. The average molecular weight is 178 g/mol. The Balaban J connectivity index is 2.21. The predicted molar refractivity (Wildman–Crippen MR) is 40.2 cm³/mol. The van der Waals surface area contributed by atoms with Gasteiger partial charge in [-0.25, -0.2) is 13.6 Å². The van der Waals surface area contributed by atoms with Crippen molar-refractivity contribution >= 4 is 6.03 Å². The minimum atomic E-state index is -2.69. The van der Waals surface area contributed by atoms with E-state index in [0.717, 1.165) is 0 Å². The number of hydrogen-bond donors (Lipinski definition) is 2. The van der Waals surface area contributed by atoms with Crippen molar-refractivity contribution in [1.29, 1.82) is 0 Å². The van der Waals surface area contributed by atoms with Gasteiger partial charge in [0.1, 0.15) is 6.04 Å². The molecule has 0 aromatic carbocycles. The summed E-state index contributed by atoms with van der Waals surface area (Å²) in [5.74, 6) is -2.69. The summed E-state index contributed by atoms with van der Waals surface area (Å²) in [6, 6.07) is -1.51. The van der Waals surface area contributed by atoms with Crippen molar-refractivity contribution in [1.82, 2.24) is 10.6 Å². The molecule has 1 unspecified atom stereocenters. The maximum absolute atomic E-state index is 12.3. The van der Waals surface area contributed by atoms with Gasteiger partial charge in [0.05, 0.1) is 0 Å². The summed E-state index contributed by atoms with van der Waals surface area (Å²) in [5, 5.41) is 4.64. The molecule has 2 amide bonds. The lowest BCUT2D eigenvalue weighted by Crippen LogP contribution is -2.41. The Morgan fingerprint density at radius 3 is 2.42 bits per heavy atom. The number of nitrogens with one attached hydrogen (secondary N) is 2. The van der Waals surface area contributed by atoms with Gasteiger partial charge in [0.15, 0.2) is 0 Å². The number of carbonyl (C=O) groups excluding carboxylic acids is 1. The average Bonchev–Trinajstić information content (AvgIpc) is 2.35. The zero-order valence-electron chi connectivity index (χ0n) is 7.03. The van der Waals surface area contributed by atoms with Crippen molar-refractivity contribution in [2.24, 2.45) is 0 Å². The van der Waals surface area contributed by atoms with Crippen LogP contribution in [0.4, 0.5) is 13.6 Å². The van der Waals surface area contributed by atoms with Crippen molar-refractivity contribution in [2.45, 2.75) is 38.3 Å². The van der Waals surface area contributed by atoms with Crippen LogP contribution in [0.2, 0.25) is 0 Å². The summed E-state index contributed by atoms with van der Waals surface area (Å²) < 4.78 is 24.5. The van der Waals surface area contributed by atoms with Gasteiger partial charge in [0.2, 0.25) is 0 Å². The second-order valence-corrected chi connectivity index (χ2v) is 3.29. The number of carbonyl (C=O) groups is 1. The molecule has 1 rings (SSSR count). The number of halogens is 2. The smallest absolute Gasteiger partial charge is 0.315 e. The first-order valence-electron chi connectivity index (χ1n) is 3.86. The molecule has 0 radical (unpaired) electrons. The third kappa shape index (κ3) is 2.32. The minimum absolute atomic E-state index is 0.0302. The Morgan fingerprint density at radius 2 is 2.08 bits per heavy atom. The molecule has 0 heterocycles. The zero-order valence-corrected chi connectivity index (χ0v) is 7.03. The van der Waals surface area contributed by atoms with Crippen LogP contribution >= 0.6 is 0 Å². The molecular weight excluding hydrogens is 166 g/mol. The molecule has 0 aliphatic heterocycles. The number of urea groups is 1. The van der Waals surface area contributed by atoms with Gasteiger partial charge in [0, 0.05) is 12.5 Å². The van der Waals surface area contributed by atoms with Crippen LogP contribution in [0.5, 0.6) is 0 Å². The Kier molecular flexibility index (Phi) is 2.21. The first-order valence-corrected chi connectivity index (χ1v) is 3.86. The summed E-state index contributed by atoms with van der Waals surface area (Å²) in [4.78, 5) is 10.8. The lowest BCUT2D eigenvalue weighted by molar-refractivity contribution is 0.107. The summed E-state index contributed by atoms with van der Waals surface area (Å²) >= 11 is 0. The van der Waals surface area contributed by atoms with Crippen molar-refractivity contribution in [3.05, 3.63) is 0 Å². The fraction of sp³-hybridized carbons (Fsp3) is 0.857. The van der Waals surface area contributed by atoms with E-state index < -0.39 is 18.0 Å². The van der Waals surface area contributed by atoms with E-state index >= 15 is 0 Å². The van der Waals surface area contributed by atoms with Crippen molar-refractivity contribution in [2.75, 3.05) is 0 Å². The normalized spacial score (nSPS) is 25.2. The highest BCUT2D eigenvalue weighted by atomic mass is 19.3. The molecule has 1 aliphatic carbocycles. The molecule has 0 aromatic heterocycles. The van der Waals surface area contributed by atoms with Crippen LogP contribution in [-0.2, 0) is 0 Å². The molecule has 1 fully saturated rings. The molecule has 5 heteroatoms. The summed E-state index contributed by atoms with van der Waals surface area (Å²) in [6.07, 6.45) is -0.238. The number of hydrogen-bond acceptors (Lipinski definition) is 1. The van der Waals surface area contributed by atoms with E-state index in [2.05, 4.69) is 10.6 Å². The standard InChI is InChI=1S/C7H12F2N2O/c1-4(2)10-6(12)11-5-3-7(5,8)9/h4-5H,3H2,1-2H3,(H2,10,11,12). The third-order valence-corrected chi connectivity index (χ3v) is 1.55. The molecule has 0 spiro atoms. The molecule has 12 heavy (non-hydrogen) atoms. The van der Waals surface area contributed by atoms with Crippen LogP contribution in [-0.4, -0.2) is 24.0 Å². The number of rotatable bonds is 2. The van der Waals surface area contributed by atoms with E-state index in [1.165, 1.54) is 0 Å². The van der Waals surface area contributed by atoms with E-state index in [1.54, 1.807) is 13.8 Å². The van der Waals surface area contributed by atoms with E-state index in [0.29, 0.717) is 0 Å². The van der Waals surface area contributed by atoms with Gasteiger partial charge in [-0.05, 0) is 13.8 Å². The van der Waals surface area contributed by atoms with E-state index in [4.69, 9.17) is 0 Å². The first-order chi connectivity index (χ1) is 5.42. The topological polar surface area (TPSA) is 41.1 Å². The van der Waals surface area contributed by atoms with E-state index in [9.17, 15) is 13.6 Å². The highest BCUT2D eigenvalue weighted by Gasteiger charge is 2.57. The number of alkyl halides is 2. The van der Waals surface area contributed by atoms with Crippen LogP contribution < -0.4 is 10.6 Å². The van der Waals surface area contributed by atoms with Gasteiger partial charge in [-0.15, -0.1) is 0 Å². The molecule has 1 saturated carbocycles. The monoisotopic (exact) mass is 178 g/mol. The SMILES string of the molecule is CC(C)NC(=O)NC1CC1(F)F. The molecule has 70 valence electrons. The maximum Gasteiger partial charge on any atom is 0.315 e. The predicted octanol–water partition coefficient (Wildman–Crippen LogP) is 1.10. The number of amides is 2. The highest BCUT2D eigenvalue weighted by Crippen LogP contribution is 2.41. The molecule has 0 aromatic rings. The lowest BCUT2D eigenvalue weighted by atomic mass is 10.4. The summed E-state index contributed by atoms with van der Waals surface area (Å²) in [5.41, 5.74) is 0. The van der Waals surface area contributed by atoms with Crippen LogP contribution in [0.1, 0.15) is 20.3 Å². The second kappa shape index (κ2) is 2.88. The second-order valence-electron chi connectivity index (χ2n) is 3.29. The lowest BCUT2D eigenvalue weighted by Gasteiger charge is -2.08. The van der Waals surface area contributed by atoms with Gasteiger partial charge < -0.3 is 10.6 Å². The van der Waals surface area contributed by atoms with Crippen molar-refractivity contribution < 1.29 is 13.6 Å². The fourth-order valence-corrected chi connectivity index (χ4v) is 0.832. The molecule has 0 bridgehead atoms. The third-order valence-electron chi connectivity index (χ3n) is 1.55. The Bertz CT molecular complexity index is 194. The molecule has 1 atom stereocenters. The van der Waals surface area contributed by atoms with Gasteiger partial charge >= 0.3 is 6.03 Å². The fourth-order valence-electron chi connectivity index (χ4n) is 0.832. The van der Waals surface area contributed by atoms with E-state index in [-0.39, 0.29) is 12.5 Å². The van der Waals surface area contributed by atoms with Gasteiger partial charge in [-0.2, -0.15) is 0 Å². The Labute approximate surface area is 69.5 Å². The minimum Gasteiger partial charge on any atom is -0.336 e. The zero-order chi connectivity index (χ0) is 9.35. The van der Waals surface area contributed by atoms with Crippen molar-refractivity contribution in [3.63, 3.8) is 0 Å². The maximum atomic E-state index is 12.3.